The van der Waals surface area contributed by atoms with E-state index in [1.54, 1.807) is 0 Å². The van der Waals surface area contributed by atoms with Crippen molar-refractivity contribution < 1.29 is 37.7 Å². The molecule has 0 aliphatic carbocycles. The zero-order valence-corrected chi connectivity index (χ0v) is 6.55. The molecule has 56 valence electrons. The van der Waals surface area contributed by atoms with Crippen LogP contribution in [0.4, 0.5) is 0 Å². The standard InChI is InChI=1S/C9H7N.Ar/c1-2-6-9-8(4-1)5-3-7-10-9;/h1-7H;. The second kappa shape index (κ2) is 4.05. The van der Waals surface area contributed by atoms with Gasteiger partial charge in [0.15, 0.2) is 0 Å². The third-order valence-electron chi connectivity index (χ3n) is 1.51. The molecule has 0 saturated heterocycles. The molecule has 1 nitrogen and oxygen atoms in total. The molecule has 11 heavy (non-hydrogen) atoms. The molecule has 0 aliphatic heterocycles. The molecule has 0 radical (unpaired) electrons. The third-order valence-corrected chi connectivity index (χ3v) is 1.51. The van der Waals surface area contributed by atoms with Gasteiger partial charge in [-0.15, -0.1) is 0 Å². The molecule has 0 saturated carbocycles. The number of benzene rings is 1. The van der Waals surface area contributed by atoms with Crippen LogP contribution in [0.5, 0.6) is 0 Å². The Bertz CT molecular complexity index is 281. The van der Waals surface area contributed by atoms with E-state index in [-0.39, 0.29) is 37.7 Å². The first-order valence-corrected chi connectivity index (χ1v) is 3.26. The molecule has 0 amide bonds. The van der Waals surface area contributed by atoms with Gasteiger partial charge in [0, 0.05) is 49.3 Å². The van der Waals surface area contributed by atoms with Gasteiger partial charge in [0.2, 0.25) is 0 Å². The second-order valence-corrected chi connectivity index (χ2v) is 2.20. The summed E-state index contributed by atoms with van der Waals surface area (Å²) in [5.41, 5.74) is 1.06. The number of hydrogen-bond donors (Lipinski definition) is 0. The van der Waals surface area contributed by atoms with Crippen molar-refractivity contribution >= 4 is 10.9 Å². The van der Waals surface area contributed by atoms with Crippen LogP contribution >= 0.6 is 0 Å². The molecule has 0 spiro atoms. The number of fused-ring (bicyclic) bond motifs is 1. The van der Waals surface area contributed by atoms with Crippen molar-refractivity contribution in [2.24, 2.45) is 0 Å². The van der Waals surface area contributed by atoms with Gasteiger partial charge in [-0.3, -0.25) is 4.98 Å². The van der Waals surface area contributed by atoms with Crippen LogP contribution in [-0.4, -0.2) is 4.98 Å². The molecule has 0 N–H and O–H groups in total. The zero-order chi connectivity index (χ0) is 6.81. The van der Waals surface area contributed by atoms with Gasteiger partial charge < -0.3 is 0 Å². The largest absolute Gasteiger partial charge is 0.256 e. The molecular weight excluding hydrogens is 162 g/mol. The summed E-state index contributed by atoms with van der Waals surface area (Å²) in [7, 11) is 0. The average Bonchev–Trinajstić information content (AvgIpc) is 2.05. The molecule has 2 aromatic rings. The molecule has 2 rings (SSSR count). The fourth-order valence-corrected chi connectivity index (χ4v) is 1.02. The summed E-state index contributed by atoms with van der Waals surface area (Å²) in [5, 5.41) is 1.20. The summed E-state index contributed by atoms with van der Waals surface area (Å²) in [4.78, 5) is 4.18. The normalized spacial score (nSPS) is 9.09. The molecule has 0 aliphatic rings. The van der Waals surface area contributed by atoms with E-state index in [9.17, 15) is 0 Å². The number of aromatic nitrogens is 1. The average molecular weight is 169 g/mol. The van der Waals surface area contributed by atoms with Crippen molar-refractivity contribution in [1.82, 2.24) is 4.98 Å². The molecule has 0 unspecified atom stereocenters. The maximum atomic E-state index is 4.18. The Kier molecular flexibility index (Phi) is 3.31. The Labute approximate surface area is 95.4 Å². The van der Waals surface area contributed by atoms with Gasteiger partial charge >= 0.3 is 0 Å². The maximum Gasteiger partial charge on any atom is 0.0701 e. The monoisotopic (exact) mass is 169 g/mol. The summed E-state index contributed by atoms with van der Waals surface area (Å²) in [6.45, 7) is 0. The minimum Gasteiger partial charge on any atom is -0.256 e. The Morgan fingerprint density at radius 3 is 2.45 bits per heavy atom. The van der Waals surface area contributed by atoms with Crippen LogP contribution < -0.4 is 0 Å². The van der Waals surface area contributed by atoms with Crippen LogP contribution in [0.2, 0.25) is 0 Å². The molecule has 0 fully saturated rings. The summed E-state index contributed by atoms with van der Waals surface area (Å²) < 4.78 is 0. The van der Waals surface area contributed by atoms with Gasteiger partial charge in [0.05, 0.1) is 5.52 Å². The van der Waals surface area contributed by atoms with Crippen LogP contribution in [0.3, 0.4) is 0 Å². The number of rotatable bonds is 0. The first-order chi connectivity index (χ1) is 4.97. The van der Waals surface area contributed by atoms with Gasteiger partial charge in [-0.25, -0.2) is 0 Å². The van der Waals surface area contributed by atoms with E-state index >= 15 is 0 Å². The summed E-state index contributed by atoms with van der Waals surface area (Å²) in [6.07, 6.45) is 1.81. The number of para-hydroxylation sites is 1. The molecule has 1 aromatic carbocycles. The Balaban J connectivity index is 0.000000605. The molecule has 1 heterocycles. The number of nitrogens with zero attached hydrogens (tertiary/aromatic N) is 1. The Morgan fingerprint density at radius 1 is 0.909 bits per heavy atom. The van der Waals surface area contributed by atoms with Crippen molar-refractivity contribution in [2.45, 2.75) is 0 Å². The van der Waals surface area contributed by atoms with Crippen LogP contribution in [-0.2, 0) is 0 Å². The third kappa shape index (κ3) is 1.92. The van der Waals surface area contributed by atoms with E-state index in [0.717, 1.165) is 5.52 Å². The van der Waals surface area contributed by atoms with E-state index in [1.807, 2.05) is 30.5 Å². The minimum atomic E-state index is 0. The number of hydrogen-bond acceptors (Lipinski definition) is 1. The van der Waals surface area contributed by atoms with E-state index in [4.69, 9.17) is 0 Å². The minimum absolute atomic E-state index is 0. The Morgan fingerprint density at radius 2 is 1.64 bits per heavy atom. The van der Waals surface area contributed by atoms with E-state index in [0.29, 0.717) is 0 Å². The fourth-order valence-electron chi connectivity index (χ4n) is 1.02. The van der Waals surface area contributed by atoms with E-state index in [2.05, 4.69) is 17.1 Å². The number of pyridine rings is 1. The topological polar surface area (TPSA) is 12.9 Å². The van der Waals surface area contributed by atoms with Gasteiger partial charge in [-0.05, 0) is 12.1 Å². The van der Waals surface area contributed by atoms with Crippen LogP contribution in [0.25, 0.3) is 10.9 Å². The SMILES string of the molecule is [Ar].c1ccc2ncccc2c1. The van der Waals surface area contributed by atoms with Crippen LogP contribution in [0.15, 0.2) is 42.6 Å². The van der Waals surface area contributed by atoms with E-state index < -0.39 is 0 Å². The summed E-state index contributed by atoms with van der Waals surface area (Å²) >= 11 is 0. The zero-order valence-electron chi connectivity index (χ0n) is 5.84. The maximum absolute atomic E-state index is 4.18. The fraction of sp³-hybridized carbons (Fsp3) is 0. The molecular formula is C9H7ArN. The van der Waals surface area contributed by atoms with Crippen LogP contribution in [0.1, 0.15) is 0 Å². The molecule has 0 bridgehead atoms. The predicted molar refractivity (Wildman–Crippen MR) is 41.7 cm³/mol. The second-order valence-electron chi connectivity index (χ2n) is 2.20. The van der Waals surface area contributed by atoms with Crippen LogP contribution in [0, 0.1) is 37.7 Å². The molecule has 0 atom stereocenters. The first-order valence-electron chi connectivity index (χ1n) is 3.26. The summed E-state index contributed by atoms with van der Waals surface area (Å²) in [5.74, 6) is 0. The van der Waals surface area contributed by atoms with Crippen molar-refractivity contribution in [1.29, 1.82) is 0 Å². The van der Waals surface area contributed by atoms with Crippen molar-refractivity contribution in [3.63, 3.8) is 0 Å². The van der Waals surface area contributed by atoms with Crippen molar-refractivity contribution in [2.75, 3.05) is 0 Å². The molecule has 2 heteroatoms. The van der Waals surface area contributed by atoms with E-state index in [1.165, 1.54) is 5.39 Å². The van der Waals surface area contributed by atoms with Gasteiger partial charge in [-0.2, -0.15) is 0 Å². The summed E-state index contributed by atoms with van der Waals surface area (Å²) in [6, 6.07) is 12.1. The smallest absolute Gasteiger partial charge is 0.0701 e. The quantitative estimate of drug-likeness (QED) is 0.589. The van der Waals surface area contributed by atoms with Gasteiger partial charge in [0.25, 0.3) is 0 Å². The van der Waals surface area contributed by atoms with Crippen molar-refractivity contribution in [3.05, 3.63) is 42.6 Å². The first kappa shape index (κ1) is 8.98. The van der Waals surface area contributed by atoms with Gasteiger partial charge in [0.1, 0.15) is 0 Å². The molecule has 1 aromatic heterocycles. The Hall–Kier alpha value is -0.110. The van der Waals surface area contributed by atoms with Gasteiger partial charge in [-0.1, -0.05) is 24.3 Å². The predicted octanol–water partition coefficient (Wildman–Crippen LogP) is 2.23. The van der Waals surface area contributed by atoms with Crippen molar-refractivity contribution in [3.8, 4) is 0 Å².